The number of phenols is 1. The first-order valence-corrected chi connectivity index (χ1v) is 8.28. The van der Waals surface area contributed by atoms with Crippen LogP contribution in [0.15, 0.2) is 58.5 Å². The van der Waals surface area contributed by atoms with Crippen molar-refractivity contribution in [1.29, 1.82) is 0 Å². The molecule has 0 bridgehead atoms. The number of thioether (sulfide) groups is 1. The van der Waals surface area contributed by atoms with Gasteiger partial charge in [0.1, 0.15) is 5.75 Å². The molecule has 0 spiro atoms. The van der Waals surface area contributed by atoms with Crippen LogP contribution in [0.25, 0.3) is 0 Å². The number of aromatic hydroxyl groups is 1. The molecule has 1 amide bonds. The van der Waals surface area contributed by atoms with E-state index in [2.05, 4.69) is 10.5 Å². The predicted octanol–water partition coefficient (Wildman–Crippen LogP) is 4.07. The van der Waals surface area contributed by atoms with Crippen LogP contribution in [0.2, 0.25) is 5.02 Å². The van der Waals surface area contributed by atoms with Gasteiger partial charge in [0.2, 0.25) is 0 Å². The summed E-state index contributed by atoms with van der Waals surface area (Å²) in [6.07, 6.45) is 0. The Labute approximate surface area is 144 Å². The highest BCUT2D eigenvalue weighted by Gasteiger charge is 2.14. The van der Waals surface area contributed by atoms with Crippen LogP contribution < -0.4 is 5.43 Å². The van der Waals surface area contributed by atoms with Crippen molar-refractivity contribution in [3.63, 3.8) is 0 Å². The average molecular weight is 349 g/mol. The van der Waals surface area contributed by atoms with Gasteiger partial charge in [-0.3, -0.25) is 4.79 Å². The largest absolute Gasteiger partial charge is 0.507 e. The number of para-hydroxylation sites is 1. The Kier molecular flexibility index (Phi) is 6.07. The molecule has 2 aromatic rings. The first-order valence-electron chi connectivity index (χ1n) is 7.02. The van der Waals surface area contributed by atoms with Gasteiger partial charge in [-0.2, -0.15) is 5.10 Å². The second-order valence-corrected chi connectivity index (χ2v) is 6.76. The molecule has 1 atom stereocenters. The van der Waals surface area contributed by atoms with Crippen molar-refractivity contribution < 1.29 is 9.90 Å². The van der Waals surface area contributed by atoms with Crippen LogP contribution >= 0.6 is 23.4 Å². The zero-order valence-corrected chi connectivity index (χ0v) is 14.4. The third kappa shape index (κ3) is 5.01. The SMILES string of the molecule is C/C(=N/NC(=O)[C@H](C)Sc1ccc(Cl)cc1)c1ccccc1O. The first kappa shape index (κ1) is 17.4. The Morgan fingerprint density at radius 1 is 1.22 bits per heavy atom. The van der Waals surface area contributed by atoms with Gasteiger partial charge in [-0.05, 0) is 50.2 Å². The summed E-state index contributed by atoms with van der Waals surface area (Å²) in [5, 5.41) is 14.2. The van der Waals surface area contributed by atoms with Gasteiger partial charge < -0.3 is 5.11 Å². The molecule has 6 heteroatoms. The third-order valence-corrected chi connectivity index (χ3v) is 4.49. The van der Waals surface area contributed by atoms with E-state index < -0.39 is 0 Å². The fourth-order valence-corrected chi connectivity index (χ4v) is 2.83. The van der Waals surface area contributed by atoms with E-state index >= 15 is 0 Å². The van der Waals surface area contributed by atoms with Gasteiger partial charge in [-0.15, -0.1) is 11.8 Å². The fraction of sp³-hybridized carbons (Fsp3) is 0.176. The molecule has 2 aromatic carbocycles. The first-order chi connectivity index (χ1) is 11.0. The van der Waals surface area contributed by atoms with E-state index in [-0.39, 0.29) is 16.9 Å². The van der Waals surface area contributed by atoms with Gasteiger partial charge in [0.15, 0.2) is 0 Å². The van der Waals surface area contributed by atoms with Crippen molar-refractivity contribution in [1.82, 2.24) is 5.43 Å². The summed E-state index contributed by atoms with van der Waals surface area (Å²) in [7, 11) is 0. The molecule has 2 rings (SSSR count). The molecule has 120 valence electrons. The summed E-state index contributed by atoms with van der Waals surface area (Å²) in [5.41, 5.74) is 3.66. The van der Waals surface area contributed by atoms with Gasteiger partial charge >= 0.3 is 0 Å². The van der Waals surface area contributed by atoms with E-state index in [9.17, 15) is 9.90 Å². The molecule has 0 heterocycles. The lowest BCUT2D eigenvalue weighted by Crippen LogP contribution is -2.27. The summed E-state index contributed by atoms with van der Waals surface area (Å²) in [6.45, 7) is 3.53. The van der Waals surface area contributed by atoms with Crippen molar-refractivity contribution in [2.45, 2.75) is 24.0 Å². The van der Waals surface area contributed by atoms with Crippen LogP contribution in [-0.4, -0.2) is 22.0 Å². The molecule has 0 radical (unpaired) electrons. The van der Waals surface area contributed by atoms with E-state index in [0.29, 0.717) is 16.3 Å². The highest BCUT2D eigenvalue weighted by molar-refractivity contribution is 8.00. The fourth-order valence-electron chi connectivity index (χ4n) is 1.84. The molecule has 0 aliphatic heterocycles. The minimum atomic E-state index is -0.308. The number of hydrogen-bond donors (Lipinski definition) is 2. The van der Waals surface area contributed by atoms with E-state index in [1.807, 2.05) is 12.1 Å². The maximum atomic E-state index is 12.1. The van der Waals surface area contributed by atoms with Crippen molar-refractivity contribution in [3.05, 3.63) is 59.1 Å². The van der Waals surface area contributed by atoms with Gasteiger partial charge in [-0.25, -0.2) is 5.43 Å². The van der Waals surface area contributed by atoms with Crippen LogP contribution in [0, 0.1) is 0 Å². The highest BCUT2D eigenvalue weighted by atomic mass is 35.5. The number of nitrogens with zero attached hydrogens (tertiary/aromatic N) is 1. The summed E-state index contributed by atoms with van der Waals surface area (Å²) in [5.74, 6) is -0.0775. The monoisotopic (exact) mass is 348 g/mol. The number of rotatable bonds is 5. The number of phenolic OH excluding ortho intramolecular Hbond substituents is 1. The molecular weight excluding hydrogens is 332 g/mol. The molecule has 0 aromatic heterocycles. The minimum Gasteiger partial charge on any atom is -0.507 e. The number of amides is 1. The molecule has 0 aliphatic rings. The molecule has 0 saturated heterocycles. The Balaban J connectivity index is 1.97. The van der Waals surface area contributed by atoms with Crippen molar-refractivity contribution >= 4 is 35.0 Å². The Morgan fingerprint density at radius 3 is 2.52 bits per heavy atom. The second kappa shape index (κ2) is 8.04. The van der Waals surface area contributed by atoms with Crippen LogP contribution in [0.3, 0.4) is 0 Å². The van der Waals surface area contributed by atoms with Crippen molar-refractivity contribution in [2.75, 3.05) is 0 Å². The number of halogens is 1. The summed E-state index contributed by atoms with van der Waals surface area (Å²) in [6, 6.07) is 14.2. The molecule has 0 fully saturated rings. The summed E-state index contributed by atoms with van der Waals surface area (Å²) >= 11 is 7.26. The Bertz CT molecular complexity index is 717. The maximum Gasteiger partial charge on any atom is 0.253 e. The molecular formula is C17H17ClN2O2S. The zero-order valence-electron chi connectivity index (χ0n) is 12.8. The molecule has 0 unspecified atom stereocenters. The zero-order chi connectivity index (χ0) is 16.8. The van der Waals surface area contributed by atoms with Crippen LogP contribution in [-0.2, 0) is 4.79 Å². The number of nitrogens with one attached hydrogen (secondary N) is 1. The van der Waals surface area contributed by atoms with Crippen molar-refractivity contribution in [3.8, 4) is 5.75 Å². The van der Waals surface area contributed by atoms with Gasteiger partial charge in [0.05, 0.1) is 11.0 Å². The number of hydrazone groups is 1. The minimum absolute atomic E-state index is 0.131. The van der Waals surface area contributed by atoms with E-state index in [0.717, 1.165) is 4.90 Å². The van der Waals surface area contributed by atoms with Gasteiger partial charge in [-0.1, -0.05) is 23.7 Å². The smallest absolute Gasteiger partial charge is 0.253 e. The molecule has 0 aliphatic carbocycles. The number of hydrogen-bond acceptors (Lipinski definition) is 4. The quantitative estimate of drug-likeness (QED) is 0.486. The molecule has 0 saturated carbocycles. The summed E-state index contributed by atoms with van der Waals surface area (Å²) < 4.78 is 0. The number of benzene rings is 2. The highest BCUT2D eigenvalue weighted by Crippen LogP contribution is 2.24. The molecule has 4 nitrogen and oxygen atoms in total. The lowest BCUT2D eigenvalue weighted by Gasteiger charge is -2.10. The van der Waals surface area contributed by atoms with Crippen LogP contribution in [0.5, 0.6) is 5.75 Å². The second-order valence-electron chi connectivity index (χ2n) is 4.90. The predicted molar refractivity (Wildman–Crippen MR) is 95.2 cm³/mol. The van der Waals surface area contributed by atoms with Crippen LogP contribution in [0.1, 0.15) is 19.4 Å². The standard InChI is InChI=1S/C17H17ClN2O2S/c1-11(15-5-3-4-6-16(15)21)19-20-17(22)12(2)23-14-9-7-13(18)8-10-14/h3-10,12,21H,1-2H3,(H,20,22)/b19-11-/t12-/m0/s1. The van der Waals surface area contributed by atoms with E-state index in [4.69, 9.17) is 11.6 Å². The lowest BCUT2D eigenvalue weighted by molar-refractivity contribution is -0.120. The topological polar surface area (TPSA) is 61.7 Å². The van der Waals surface area contributed by atoms with E-state index in [1.54, 1.807) is 50.2 Å². The normalized spacial score (nSPS) is 12.7. The van der Waals surface area contributed by atoms with Gasteiger partial charge in [0, 0.05) is 15.5 Å². The Morgan fingerprint density at radius 2 is 1.87 bits per heavy atom. The lowest BCUT2D eigenvalue weighted by atomic mass is 10.1. The number of carbonyl (C=O) groups is 1. The van der Waals surface area contributed by atoms with Gasteiger partial charge in [0.25, 0.3) is 5.91 Å². The number of carbonyl (C=O) groups excluding carboxylic acids is 1. The molecule has 23 heavy (non-hydrogen) atoms. The summed E-state index contributed by atoms with van der Waals surface area (Å²) in [4.78, 5) is 13.1. The maximum absolute atomic E-state index is 12.1. The molecule has 2 N–H and O–H groups in total. The van der Waals surface area contributed by atoms with Crippen LogP contribution in [0.4, 0.5) is 0 Å². The van der Waals surface area contributed by atoms with Crippen molar-refractivity contribution in [2.24, 2.45) is 5.10 Å². The van der Waals surface area contributed by atoms with E-state index in [1.165, 1.54) is 11.8 Å². The average Bonchev–Trinajstić information content (AvgIpc) is 2.54. The Hall–Kier alpha value is -1.98. The third-order valence-electron chi connectivity index (χ3n) is 3.12.